The van der Waals surface area contributed by atoms with Crippen LogP contribution in [0, 0.1) is 0 Å². The van der Waals surface area contributed by atoms with Crippen molar-refractivity contribution in [2.45, 2.75) is 19.8 Å². The van der Waals surface area contributed by atoms with E-state index >= 15 is 0 Å². The van der Waals surface area contributed by atoms with Gasteiger partial charge in [-0.1, -0.05) is 6.08 Å². The number of carbonyl (C=O) groups excluding carboxylic acids is 1. The average molecular weight is 216 g/mol. The van der Waals surface area contributed by atoms with Gasteiger partial charge >= 0.3 is 0 Å². The Morgan fingerprint density at radius 1 is 1.64 bits per heavy atom. The van der Waals surface area contributed by atoms with Gasteiger partial charge in [0.25, 0.3) is 0 Å². The predicted molar refractivity (Wildman–Crippen MR) is 48.1 cm³/mol. The molecule has 0 heterocycles. The largest absolute Gasteiger partial charge is 0.393 e. The second kappa shape index (κ2) is 3.22. The van der Waals surface area contributed by atoms with Crippen molar-refractivity contribution in [2.24, 2.45) is 5.73 Å². The van der Waals surface area contributed by atoms with Crippen molar-refractivity contribution in [2.75, 3.05) is 0 Å². The van der Waals surface area contributed by atoms with Gasteiger partial charge in [0.2, 0.25) is 0 Å². The summed E-state index contributed by atoms with van der Waals surface area (Å²) in [7, 11) is 0. The third-order valence-electron chi connectivity index (χ3n) is 1.80. The standard InChI is InChI=1S/C8H10BrNO/c1-2-5-6(8(9)10)3-4-7(5)11/h2H,3-4,10H2,1H3/b5-2+,8-6-. The molecule has 2 N–H and O–H groups in total. The van der Waals surface area contributed by atoms with E-state index in [-0.39, 0.29) is 5.78 Å². The van der Waals surface area contributed by atoms with E-state index in [1.165, 1.54) is 0 Å². The number of ketones is 1. The monoisotopic (exact) mass is 215 g/mol. The van der Waals surface area contributed by atoms with Gasteiger partial charge in [0.05, 0.1) is 4.61 Å². The molecule has 0 spiro atoms. The molecule has 1 saturated carbocycles. The van der Waals surface area contributed by atoms with Crippen molar-refractivity contribution >= 4 is 21.7 Å². The molecule has 1 aliphatic carbocycles. The molecule has 3 heteroatoms. The molecule has 0 unspecified atom stereocenters. The average Bonchev–Trinajstić information content (AvgIpc) is 2.30. The predicted octanol–water partition coefficient (Wildman–Crippen LogP) is 1.86. The van der Waals surface area contributed by atoms with E-state index in [0.717, 1.165) is 17.6 Å². The van der Waals surface area contributed by atoms with Crippen LogP contribution in [0.4, 0.5) is 0 Å². The van der Waals surface area contributed by atoms with Crippen molar-refractivity contribution in [3.05, 3.63) is 21.8 Å². The lowest BCUT2D eigenvalue weighted by molar-refractivity contribution is -0.114. The van der Waals surface area contributed by atoms with Crippen molar-refractivity contribution in [1.82, 2.24) is 0 Å². The number of Topliss-reactive ketones (excluding diaryl/α,β-unsaturated/α-hetero) is 1. The van der Waals surface area contributed by atoms with Crippen LogP contribution in [0.1, 0.15) is 19.8 Å². The highest BCUT2D eigenvalue weighted by Crippen LogP contribution is 2.29. The SMILES string of the molecule is C/C=C1/C(=O)CC/C1=C(/N)Br. The van der Waals surface area contributed by atoms with E-state index in [9.17, 15) is 4.79 Å². The van der Waals surface area contributed by atoms with Crippen LogP contribution in [0.3, 0.4) is 0 Å². The van der Waals surface area contributed by atoms with Crippen molar-refractivity contribution in [3.63, 3.8) is 0 Å². The molecule has 1 aliphatic rings. The maximum Gasteiger partial charge on any atom is 0.163 e. The van der Waals surface area contributed by atoms with E-state index in [0.29, 0.717) is 11.0 Å². The molecule has 0 aromatic carbocycles. The summed E-state index contributed by atoms with van der Waals surface area (Å²) in [5, 5.41) is 0. The van der Waals surface area contributed by atoms with Crippen molar-refractivity contribution < 1.29 is 4.79 Å². The molecule has 0 aromatic rings. The molecule has 0 saturated heterocycles. The Kier molecular flexibility index (Phi) is 2.49. The summed E-state index contributed by atoms with van der Waals surface area (Å²) in [6, 6.07) is 0. The number of rotatable bonds is 0. The van der Waals surface area contributed by atoms with Crippen molar-refractivity contribution in [3.8, 4) is 0 Å². The summed E-state index contributed by atoms with van der Waals surface area (Å²) < 4.78 is 0.594. The Balaban J connectivity index is 3.06. The lowest BCUT2D eigenvalue weighted by Gasteiger charge is -1.98. The Hall–Kier alpha value is -0.570. The molecule has 0 aliphatic heterocycles. The van der Waals surface area contributed by atoms with Gasteiger partial charge in [-0.15, -0.1) is 0 Å². The minimum Gasteiger partial charge on any atom is -0.393 e. The van der Waals surface area contributed by atoms with Crippen LogP contribution in [-0.4, -0.2) is 5.78 Å². The van der Waals surface area contributed by atoms with Crippen LogP contribution in [-0.2, 0) is 4.79 Å². The number of hydrogen-bond donors (Lipinski definition) is 1. The summed E-state index contributed by atoms with van der Waals surface area (Å²) in [5.74, 6) is 0.199. The van der Waals surface area contributed by atoms with Gasteiger partial charge in [-0.3, -0.25) is 4.79 Å². The maximum atomic E-state index is 11.1. The number of nitrogens with two attached hydrogens (primary N) is 1. The Labute approximate surface area is 74.3 Å². The van der Waals surface area contributed by atoms with Gasteiger partial charge in [0.15, 0.2) is 5.78 Å². The third kappa shape index (κ3) is 1.53. The molecule has 0 atom stereocenters. The van der Waals surface area contributed by atoms with Crippen LogP contribution in [0.15, 0.2) is 21.8 Å². The zero-order valence-electron chi connectivity index (χ0n) is 6.36. The molecule has 0 amide bonds. The minimum atomic E-state index is 0.199. The van der Waals surface area contributed by atoms with E-state index < -0.39 is 0 Å². The number of halogens is 1. The second-order valence-corrected chi connectivity index (χ2v) is 3.31. The topological polar surface area (TPSA) is 43.1 Å². The van der Waals surface area contributed by atoms with Crippen LogP contribution in [0.25, 0.3) is 0 Å². The first-order valence-corrected chi connectivity index (χ1v) is 4.30. The molecule has 60 valence electrons. The molecule has 2 nitrogen and oxygen atoms in total. The first kappa shape index (κ1) is 8.53. The molecule has 0 aromatic heterocycles. The smallest absolute Gasteiger partial charge is 0.163 e. The minimum absolute atomic E-state index is 0.199. The van der Waals surface area contributed by atoms with E-state index in [2.05, 4.69) is 15.9 Å². The fraction of sp³-hybridized carbons (Fsp3) is 0.375. The fourth-order valence-corrected chi connectivity index (χ4v) is 1.67. The highest BCUT2D eigenvalue weighted by molar-refractivity contribution is 9.11. The third-order valence-corrected chi connectivity index (χ3v) is 2.28. The summed E-state index contributed by atoms with van der Waals surface area (Å²) in [5.41, 5.74) is 7.26. The van der Waals surface area contributed by atoms with Crippen LogP contribution in [0.5, 0.6) is 0 Å². The Bertz CT molecular complexity index is 249. The highest BCUT2D eigenvalue weighted by Gasteiger charge is 2.23. The Morgan fingerprint density at radius 2 is 2.27 bits per heavy atom. The number of allylic oxidation sites excluding steroid dienone is 3. The van der Waals surface area contributed by atoms with E-state index in [4.69, 9.17) is 5.73 Å². The molecule has 0 bridgehead atoms. The summed E-state index contributed by atoms with van der Waals surface area (Å²) >= 11 is 3.17. The van der Waals surface area contributed by atoms with Crippen LogP contribution >= 0.6 is 15.9 Å². The summed E-state index contributed by atoms with van der Waals surface area (Å²) in [6.07, 6.45) is 3.19. The first-order valence-electron chi connectivity index (χ1n) is 3.50. The molecule has 11 heavy (non-hydrogen) atoms. The number of hydrogen-bond acceptors (Lipinski definition) is 2. The van der Waals surface area contributed by atoms with Gasteiger partial charge in [-0.2, -0.15) is 0 Å². The second-order valence-electron chi connectivity index (χ2n) is 2.45. The zero-order chi connectivity index (χ0) is 8.43. The lowest BCUT2D eigenvalue weighted by atomic mass is 10.1. The van der Waals surface area contributed by atoms with Gasteiger partial charge in [-0.25, -0.2) is 0 Å². The normalized spacial score (nSPS) is 26.4. The Morgan fingerprint density at radius 3 is 2.64 bits per heavy atom. The fourth-order valence-electron chi connectivity index (χ4n) is 1.26. The summed E-state index contributed by atoms with van der Waals surface area (Å²) in [4.78, 5) is 11.1. The number of carbonyl (C=O) groups is 1. The molecule has 0 radical (unpaired) electrons. The van der Waals surface area contributed by atoms with Crippen LogP contribution in [0.2, 0.25) is 0 Å². The first-order chi connectivity index (χ1) is 5.16. The van der Waals surface area contributed by atoms with E-state index in [1.807, 2.05) is 13.0 Å². The lowest BCUT2D eigenvalue weighted by Crippen LogP contribution is -1.97. The van der Waals surface area contributed by atoms with Gasteiger partial charge in [0.1, 0.15) is 0 Å². The quantitative estimate of drug-likeness (QED) is 0.496. The molecule has 1 rings (SSSR count). The van der Waals surface area contributed by atoms with Gasteiger partial charge < -0.3 is 5.73 Å². The molecular weight excluding hydrogens is 206 g/mol. The molecule has 1 fully saturated rings. The zero-order valence-corrected chi connectivity index (χ0v) is 7.94. The summed E-state index contributed by atoms with van der Waals surface area (Å²) in [6.45, 7) is 1.86. The maximum absolute atomic E-state index is 11.1. The van der Waals surface area contributed by atoms with Crippen molar-refractivity contribution in [1.29, 1.82) is 0 Å². The van der Waals surface area contributed by atoms with Gasteiger partial charge in [0, 0.05) is 12.0 Å². The molecular formula is C8H10BrNO. The van der Waals surface area contributed by atoms with E-state index in [1.54, 1.807) is 0 Å². The van der Waals surface area contributed by atoms with Crippen LogP contribution < -0.4 is 5.73 Å². The highest BCUT2D eigenvalue weighted by atomic mass is 79.9. The van der Waals surface area contributed by atoms with Gasteiger partial charge in [-0.05, 0) is 34.8 Å².